The highest BCUT2D eigenvalue weighted by Crippen LogP contribution is 2.25. The van der Waals surface area contributed by atoms with Gasteiger partial charge in [-0.2, -0.15) is 0 Å². The molecule has 2 aromatic rings. The van der Waals surface area contributed by atoms with Gasteiger partial charge in [-0.3, -0.25) is 0 Å². The summed E-state index contributed by atoms with van der Waals surface area (Å²) in [5, 5.41) is 10.2. The van der Waals surface area contributed by atoms with E-state index in [2.05, 4.69) is 4.98 Å². The van der Waals surface area contributed by atoms with Gasteiger partial charge in [-0.25, -0.2) is 4.98 Å². The topological polar surface area (TPSA) is 33.1 Å². The van der Waals surface area contributed by atoms with Crippen LogP contribution in [0.15, 0.2) is 36.4 Å². The Bertz CT molecular complexity index is 514. The fraction of sp³-hybridized carbons (Fsp3) is 0.0833. The zero-order chi connectivity index (χ0) is 11.5. The van der Waals surface area contributed by atoms with E-state index in [4.69, 9.17) is 23.2 Å². The molecule has 0 fully saturated rings. The van der Waals surface area contributed by atoms with Crippen molar-refractivity contribution in [3.8, 4) is 11.3 Å². The van der Waals surface area contributed by atoms with E-state index < -0.39 is 0 Å². The molecule has 0 aliphatic rings. The number of pyridine rings is 1. The number of aliphatic hydroxyl groups excluding tert-OH is 1. The summed E-state index contributed by atoms with van der Waals surface area (Å²) in [6.45, 7) is -0.0774. The summed E-state index contributed by atoms with van der Waals surface area (Å²) in [4.78, 5) is 4.20. The van der Waals surface area contributed by atoms with E-state index >= 15 is 0 Å². The van der Waals surface area contributed by atoms with Gasteiger partial charge in [0.15, 0.2) is 0 Å². The molecule has 0 atom stereocenters. The maximum atomic E-state index is 9.22. The molecule has 16 heavy (non-hydrogen) atoms. The van der Waals surface area contributed by atoms with Crippen LogP contribution in [0.3, 0.4) is 0 Å². The van der Waals surface area contributed by atoms with Crippen LogP contribution < -0.4 is 0 Å². The second-order valence-electron chi connectivity index (χ2n) is 3.31. The van der Waals surface area contributed by atoms with E-state index in [1.54, 1.807) is 24.3 Å². The molecule has 0 radical (unpaired) electrons. The highest BCUT2D eigenvalue weighted by Gasteiger charge is 2.07. The zero-order valence-corrected chi connectivity index (χ0v) is 9.83. The molecule has 0 aliphatic heterocycles. The third kappa shape index (κ3) is 2.35. The lowest BCUT2D eigenvalue weighted by molar-refractivity contribution is 0.282. The molecule has 1 aromatic heterocycles. The van der Waals surface area contributed by atoms with Crippen LogP contribution >= 0.6 is 23.2 Å². The van der Waals surface area contributed by atoms with Crippen molar-refractivity contribution >= 4 is 23.2 Å². The average molecular weight is 254 g/mol. The molecule has 0 saturated carbocycles. The van der Waals surface area contributed by atoms with E-state index in [0.29, 0.717) is 15.9 Å². The molecule has 82 valence electrons. The van der Waals surface area contributed by atoms with E-state index in [0.717, 1.165) is 11.1 Å². The third-order valence-electron chi connectivity index (χ3n) is 2.21. The molecule has 0 spiro atoms. The fourth-order valence-electron chi connectivity index (χ4n) is 1.48. The first-order chi connectivity index (χ1) is 7.70. The van der Waals surface area contributed by atoms with Crippen LogP contribution in [0.5, 0.6) is 0 Å². The number of rotatable bonds is 2. The van der Waals surface area contributed by atoms with Gasteiger partial charge in [0.1, 0.15) is 5.15 Å². The first-order valence-corrected chi connectivity index (χ1v) is 5.48. The van der Waals surface area contributed by atoms with E-state index in [9.17, 15) is 5.11 Å². The lowest BCUT2D eigenvalue weighted by Gasteiger charge is -2.07. The number of hydrogen-bond donors (Lipinski definition) is 1. The van der Waals surface area contributed by atoms with Gasteiger partial charge in [-0.1, -0.05) is 41.4 Å². The first kappa shape index (κ1) is 11.4. The van der Waals surface area contributed by atoms with E-state index in [1.165, 1.54) is 0 Å². The Hall–Kier alpha value is -1.09. The Morgan fingerprint density at radius 1 is 1.12 bits per heavy atom. The smallest absolute Gasteiger partial charge is 0.129 e. The van der Waals surface area contributed by atoms with Gasteiger partial charge in [-0.05, 0) is 18.2 Å². The number of aliphatic hydroxyl groups is 1. The second kappa shape index (κ2) is 4.83. The quantitative estimate of drug-likeness (QED) is 0.831. The van der Waals surface area contributed by atoms with Gasteiger partial charge in [0, 0.05) is 16.1 Å². The molecular formula is C12H9Cl2NO. The van der Waals surface area contributed by atoms with Gasteiger partial charge >= 0.3 is 0 Å². The van der Waals surface area contributed by atoms with Crippen LogP contribution in [-0.4, -0.2) is 10.1 Å². The van der Waals surface area contributed by atoms with Crippen LogP contribution in [0, 0.1) is 0 Å². The summed E-state index contributed by atoms with van der Waals surface area (Å²) in [6, 6.07) is 10.7. The summed E-state index contributed by atoms with van der Waals surface area (Å²) >= 11 is 11.7. The summed E-state index contributed by atoms with van der Waals surface area (Å²) in [5.74, 6) is 0. The van der Waals surface area contributed by atoms with Crippen molar-refractivity contribution in [3.05, 3.63) is 52.1 Å². The standard InChI is InChI=1S/C12H9Cl2NO/c13-10-3-1-2-8(6-10)12-9(7-16)4-5-11(14)15-12/h1-6,16H,7H2. The first-order valence-electron chi connectivity index (χ1n) is 4.73. The van der Waals surface area contributed by atoms with Crippen molar-refractivity contribution in [2.75, 3.05) is 0 Å². The minimum Gasteiger partial charge on any atom is -0.392 e. The monoisotopic (exact) mass is 253 g/mol. The van der Waals surface area contributed by atoms with E-state index in [-0.39, 0.29) is 6.61 Å². The zero-order valence-electron chi connectivity index (χ0n) is 8.32. The van der Waals surface area contributed by atoms with Crippen molar-refractivity contribution in [2.24, 2.45) is 0 Å². The summed E-state index contributed by atoms with van der Waals surface area (Å²) in [7, 11) is 0. The molecule has 4 heteroatoms. The molecule has 2 rings (SSSR count). The largest absolute Gasteiger partial charge is 0.392 e. The Morgan fingerprint density at radius 3 is 2.62 bits per heavy atom. The predicted octanol–water partition coefficient (Wildman–Crippen LogP) is 3.55. The van der Waals surface area contributed by atoms with Gasteiger partial charge in [0.25, 0.3) is 0 Å². The summed E-state index contributed by atoms with van der Waals surface area (Å²) in [5.41, 5.74) is 2.24. The Kier molecular flexibility index (Phi) is 3.44. The van der Waals surface area contributed by atoms with Crippen molar-refractivity contribution < 1.29 is 5.11 Å². The average Bonchev–Trinajstić information content (AvgIpc) is 2.29. The van der Waals surface area contributed by atoms with Crippen LogP contribution in [0.2, 0.25) is 10.2 Å². The Labute approximate surface area is 103 Å². The van der Waals surface area contributed by atoms with Crippen molar-refractivity contribution in [3.63, 3.8) is 0 Å². The maximum Gasteiger partial charge on any atom is 0.129 e. The number of nitrogens with zero attached hydrogens (tertiary/aromatic N) is 1. The molecule has 0 aliphatic carbocycles. The molecular weight excluding hydrogens is 245 g/mol. The van der Waals surface area contributed by atoms with Gasteiger partial charge in [-0.15, -0.1) is 0 Å². The minimum atomic E-state index is -0.0774. The lowest BCUT2D eigenvalue weighted by Crippen LogP contribution is -1.93. The highest BCUT2D eigenvalue weighted by molar-refractivity contribution is 6.31. The minimum absolute atomic E-state index is 0.0774. The number of hydrogen-bond acceptors (Lipinski definition) is 2. The Morgan fingerprint density at radius 2 is 1.94 bits per heavy atom. The SMILES string of the molecule is OCc1ccc(Cl)nc1-c1cccc(Cl)c1. The normalized spacial score (nSPS) is 10.4. The molecule has 0 unspecified atom stereocenters. The van der Waals surface area contributed by atoms with Gasteiger partial charge < -0.3 is 5.11 Å². The van der Waals surface area contributed by atoms with E-state index in [1.807, 2.05) is 12.1 Å². The number of aromatic nitrogens is 1. The molecule has 2 nitrogen and oxygen atoms in total. The summed E-state index contributed by atoms with van der Waals surface area (Å²) < 4.78 is 0. The molecule has 0 bridgehead atoms. The maximum absolute atomic E-state index is 9.22. The van der Waals surface area contributed by atoms with Gasteiger partial charge in [0.05, 0.1) is 12.3 Å². The molecule has 1 heterocycles. The molecule has 0 amide bonds. The van der Waals surface area contributed by atoms with Crippen molar-refractivity contribution in [1.29, 1.82) is 0 Å². The number of benzene rings is 1. The Balaban J connectivity index is 2.58. The number of halogens is 2. The third-order valence-corrected chi connectivity index (χ3v) is 2.66. The molecule has 1 N–H and O–H groups in total. The molecule has 1 aromatic carbocycles. The van der Waals surface area contributed by atoms with Crippen LogP contribution in [0.1, 0.15) is 5.56 Å². The summed E-state index contributed by atoms with van der Waals surface area (Å²) in [6.07, 6.45) is 0. The highest BCUT2D eigenvalue weighted by atomic mass is 35.5. The van der Waals surface area contributed by atoms with Crippen molar-refractivity contribution in [1.82, 2.24) is 4.98 Å². The lowest BCUT2D eigenvalue weighted by atomic mass is 10.1. The van der Waals surface area contributed by atoms with Crippen molar-refractivity contribution in [2.45, 2.75) is 6.61 Å². The second-order valence-corrected chi connectivity index (χ2v) is 4.13. The molecule has 0 saturated heterocycles. The predicted molar refractivity (Wildman–Crippen MR) is 65.6 cm³/mol. The van der Waals surface area contributed by atoms with Crippen LogP contribution in [-0.2, 0) is 6.61 Å². The van der Waals surface area contributed by atoms with Gasteiger partial charge in [0.2, 0.25) is 0 Å². The van der Waals surface area contributed by atoms with Crippen LogP contribution in [0.25, 0.3) is 11.3 Å². The van der Waals surface area contributed by atoms with Crippen LogP contribution in [0.4, 0.5) is 0 Å². The fourth-order valence-corrected chi connectivity index (χ4v) is 1.82.